The van der Waals surface area contributed by atoms with Crippen molar-refractivity contribution in [1.82, 2.24) is 15.0 Å². The molecular weight excluding hydrogens is 498 g/mol. The monoisotopic (exact) mass is 525 g/mol. The van der Waals surface area contributed by atoms with Gasteiger partial charge in [-0.1, -0.05) is 136 Å². The molecule has 0 aliphatic rings. The second-order valence-electron chi connectivity index (χ2n) is 10.7. The van der Waals surface area contributed by atoms with Gasteiger partial charge in [0, 0.05) is 11.1 Å². The zero-order valence-corrected chi connectivity index (χ0v) is 22.9. The molecule has 39 heavy (non-hydrogen) atoms. The molecule has 0 aliphatic carbocycles. The van der Waals surface area contributed by atoms with E-state index in [9.17, 15) is 0 Å². The minimum atomic E-state index is 0.120. The van der Waals surface area contributed by atoms with Crippen LogP contribution in [0.4, 0.5) is 0 Å². The SMILES string of the molecule is CC(C)(C)c1ccc(-c2cccc3cccc(-c4ccc(-c5nc(Cl)nc(-c6ccccc6)n5)cc4)c23)cc1. The van der Waals surface area contributed by atoms with Crippen molar-refractivity contribution in [2.45, 2.75) is 26.2 Å². The van der Waals surface area contributed by atoms with Gasteiger partial charge in [-0.05, 0) is 55.6 Å². The lowest BCUT2D eigenvalue weighted by molar-refractivity contribution is 0.590. The van der Waals surface area contributed by atoms with Crippen LogP contribution >= 0.6 is 11.6 Å². The summed E-state index contributed by atoms with van der Waals surface area (Å²) in [5.41, 5.74) is 8.00. The highest BCUT2D eigenvalue weighted by Gasteiger charge is 2.15. The van der Waals surface area contributed by atoms with Crippen molar-refractivity contribution >= 4 is 22.4 Å². The zero-order chi connectivity index (χ0) is 27.0. The maximum atomic E-state index is 6.29. The van der Waals surface area contributed by atoms with Gasteiger partial charge in [0.15, 0.2) is 11.6 Å². The highest BCUT2D eigenvalue weighted by molar-refractivity contribution is 6.28. The van der Waals surface area contributed by atoms with Crippen LogP contribution in [0.2, 0.25) is 5.28 Å². The molecule has 0 fully saturated rings. The van der Waals surface area contributed by atoms with Gasteiger partial charge in [-0.15, -0.1) is 0 Å². The first kappa shape index (κ1) is 25.0. The van der Waals surface area contributed by atoms with Crippen molar-refractivity contribution in [2.24, 2.45) is 0 Å². The Morgan fingerprint density at radius 1 is 0.487 bits per heavy atom. The number of hydrogen-bond donors (Lipinski definition) is 0. The molecule has 6 aromatic rings. The molecule has 0 unspecified atom stereocenters. The van der Waals surface area contributed by atoms with Gasteiger partial charge in [0.1, 0.15) is 0 Å². The Labute approximate surface area is 234 Å². The summed E-state index contributed by atoms with van der Waals surface area (Å²) < 4.78 is 0. The third-order valence-corrected chi connectivity index (χ3v) is 7.23. The third-order valence-electron chi connectivity index (χ3n) is 7.06. The van der Waals surface area contributed by atoms with Crippen LogP contribution < -0.4 is 0 Å². The van der Waals surface area contributed by atoms with E-state index in [0.717, 1.165) is 16.7 Å². The van der Waals surface area contributed by atoms with Crippen LogP contribution in [-0.4, -0.2) is 15.0 Å². The summed E-state index contributed by atoms with van der Waals surface area (Å²) in [6.07, 6.45) is 0. The second-order valence-corrected chi connectivity index (χ2v) is 11.1. The van der Waals surface area contributed by atoms with Gasteiger partial charge in [0.05, 0.1) is 0 Å². The molecule has 190 valence electrons. The molecule has 0 spiro atoms. The van der Waals surface area contributed by atoms with E-state index in [-0.39, 0.29) is 10.7 Å². The quantitative estimate of drug-likeness (QED) is 0.230. The lowest BCUT2D eigenvalue weighted by atomic mass is 9.85. The molecule has 0 atom stereocenters. The molecule has 0 N–H and O–H groups in total. The Balaban J connectivity index is 1.41. The molecule has 0 aliphatic heterocycles. The molecule has 0 saturated heterocycles. The minimum absolute atomic E-state index is 0.120. The summed E-state index contributed by atoms with van der Waals surface area (Å²) in [5, 5.41) is 2.63. The van der Waals surface area contributed by atoms with E-state index in [0.29, 0.717) is 11.6 Å². The van der Waals surface area contributed by atoms with E-state index in [4.69, 9.17) is 16.6 Å². The summed E-state index contributed by atoms with van der Waals surface area (Å²) in [4.78, 5) is 13.4. The van der Waals surface area contributed by atoms with Crippen molar-refractivity contribution in [3.63, 3.8) is 0 Å². The van der Waals surface area contributed by atoms with Crippen molar-refractivity contribution < 1.29 is 0 Å². The van der Waals surface area contributed by atoms with Crippen LogP contribution in [-0.2, 0) is 5.41 Å². The average Bonchev–Trinajstić information content (AvgIpc) is 2.96. The molecule has 1 aromatic heterocycles. The van der Waals surface area contributed by atoms with Crippen LogP contribution in [0.1, 0.15) is 26.3 Å². The molecule has 3 nitrogen and oxygen atoms in total. The Morgan fingerprint density at radius 3 is 1.51 bits per heavy atom. The summed E-state index contributed by atoms with van der Waals surface area (Å²) in [5.74, 6) is 1.11. The number of aromatic nitrogens is 3. The van der Waals surface area contributed by atoms with Crippen LogP contribution in [0, 0.1) is 0 Å². The molecule has 4 heteroatoms. The molecule has 0 bridgehead atoms. The molecule has 6 rings (SSSR count). The molecule has 5 aromatic carbocycles. The Kier molecular flexibility index (Phi) is 6.46. The third kappa shape index (κ3) is 5.06. The van der Waals surface area contributed by atoms with Crippen molar-refractivity contribution in [1.29, 1.82) is 0 Å². The van der Waals surface area contributed by atoms with E-state index in [1.807, 2.05) is 30.3 Å². The number of nitrogens with zero attached hydrogens (tertiary/aromatic N) is 3. The van der Waals surface area contributed by atoms with Crippen LogP contribution in [0.15, 0.2) is 115 Å². The number of rotatable bonds is 4. The Bertz CT molecular complexity index is 1760. The van der Waals surface area contributed by atoms with Gasteiger partial charge >= 0.3 is 0 Å². The summed E-state index contributed by atoms with van der Waals surface area (Å²) in [6.45, 7) is 6.74. The predicted octanol–water partition coefficient (Wildman–Crippen LogP) is 9.64. The van der Waals surface area contributed by atoms with E-state index < -0.39 is 0 Å². The first-order valence-corrected chi connectivity index (χ1v) is 13.5. The Morgan fingerprint density at radius 2 is 0.974 bits per heavy atom. The fraction of sp³-hybridized carbons (Fsp3) is 0.114. The fourth-order valence-electron chi connectivity index (χ4n) is 4.97. The van der Waals surface area contributed by atoms with Gasteiger partial charge in [0.2, 0.25) is 5.28 Å². The number of fused-ring (bicyclic) bond motifs is 1. The van der Waals surface area contributed by atoms with Crippen LogP contribution in [0.3, 0.4) is 0 Å². The highest BCUT2D eigenvalue weighted by Crippen LogP contribution is 2.37. The highest BCUT2D eigenvalue weighted by atomic mass is 35.5. The van der Waals surface area contributed by atoms with E-state index in [1.165, 1.54) is 33.0 Å². The second kappa shape index (κ2) is 10.1. The zero-order valence-electron chi connectivity index (χ0n) is 22.2. The lowest BCUT2D eigenvalue weighted by Gasteiger charge is -2.19. The molecular formula is C35H28ClN3. The van der Waals surface area contributed by atoms with Crippen molar-refractivity contribution in [2.75, 3.05) is 0 Å². The van der Waals surface area contributed by atoms with Crippen molar-refractivity contribution in [3.8, 4) is 45.0 Å². The number of halogens is 1. The smallest absolute Gasteiger partial charge is 0.208 e. The topological polar surface area (TPSA) is 38.7 Å². The summed E-state index contributed by atoms with van der Waals surface area (Å²) in [7, 11) is 0. The van der Waals surface area contributed by atoms with Gasteiger partial charge in [-0.3, -0.25) is 0 Å². The van der Waals surface area contributed by atoms with Gasteiger partial charge < -0.3 is 0 Å². The Hall–Kier alpha value is -4.34. The molecule has 0 saturated carbocycles. The maximum Gasteiger partial charge on any atom is 0.226 e. The van der Waals surface area contributed by atoms with Gasteiger partial charge in [-0.2, -0.15) is 9.97 Å². The molecule has 0 amide bonds. The van der Waals surface area contributed by atoms with Gasteiger partial charge in [0.25, 0.3) is 0 Å². The minimum Gasteiger partial charge on any atom is -0.208 e. The predicted molar refractivity (Wildman–Crippen MR) is 163 cm³/mol. The maximum absolute atomic E-state index is 6.29. The standard InChI is InChI=1S/C35H28ClN3/c1-35(2,3)28-21-19-24(20-22-28)30-14-8-12-25-11-7-13-29(31(25)30)23-15-17-27(18-16-23)33-37-32(38-34(36)39-33)26-9-5-4-6-10-26/h4-22H,1-3H3. The average molecular weight is 526 g/mol. The largest absolute Gasteiger partial charge is 0.226 e. The summed E-state index contributed by atoms with van der Waals surface area (Å²) in [6, 6.07) is 40.2. The van der Waals surface area contributed by atoms with Crippen LogP contribution in [0.5, 0.6) is 0 Å². The molecule has 0 radical (unpaired) electrons. The number of hydrogen-bond acceptors (Lipinski definition) is 3. The lowest BCUT2D eigenvalue weighted by Crippen LogP contribution is -2.10. The first-order chi connectivity index (χ1) is 18.9. The van der Waals surface area contributed by atoms with Gasteiger partial charge in [-0.25, -0.2) is 4.98 Å². The van der Waals surface area contributed by atoms with Crippen molar-refractivity contribution in [3.05, 3.63) is 126 Å². The van der Waals surface area contributed by atoms with Crippen LogP contribution in [0.25, 0.3) is 55.8 Å². The van der Waals surface area contributed by atoms with E-state index >= 15 is 0 Å². The molecule has 1 heterocycles. The number of benzene rings is 5. The van der Waals surface area contributed by atoms with E-state index in [2.05, 4.69) is 116 Å². The van der Waals surface area contributed by atoms with E-state index in [1.54, 1.807) is 0 Å². The first-order valence-electron chi connectivity index (χ1n) is 13.1. The normalized spacial score (nSPS) is 11.6. The summed E-state index contributed by atoms with van der Waals surface area (Å²) >= 11 is 6.29. The fourth-order valence-corrected chi connectivity index (χ4v) is 5.13.